The van der Waals surface area contributed by atoms with Crippen molar-refractivity contribution in [2.75, 3.05) is 0 Å². The highest BCUT2D eigenvalue weighted by molar-refractivity contribution is 7.99. The Bertz CT molecular complexity index is 809. The molecule has 0 unspecified atom stereocenters. The second-order valence-corrected chi connectivity index (χ2v) is 7.02. The summed E-state index contributed by atoms with van der Waals surface area (Å²) in [6.45, 7) is 0. The predicted octanol–water partition coefficient (Wildman–Crippen LogP) is 3.05. The summed E-state index contributed by atoms with van der Waals surface area (Å²) < 4.78 is 22.5. The second kappa shape index (κ2) is 6.02. The number of hydrogen-bond acceptors (Lipinski definition) is 5. The molecule has 2 aromatic rings. The highest BCUT2D eigenvalue weighted by Gasteiger charge is 2.20. The maximum atomic E-state index is 11.3. The van der Waals surface area contributed by atoms with Crippen molar-refractivity contribution in [3.63, 3.8) is 0 Å². The van der Waals surface area contributed by atoms with Crippen LogP contribution in [-0.4, -0.2) is 13.3 Å². The molecular formula is C12H9ClN2O4S2. The van der Waals surface area contributed by atoms with Gasteiger partial charge in [0.2, 0.25) is 10.0 Å². The molecule has 0 aliphatic rings. The first-order valence-corrected chi connectivity index (χ1v) is 8.27. The van der Waals surface area contributed by atoms with E-state index in [-0.39, 0.29) is 15.5 Å². The molecule has 110 valence electrons. The molecule has 2 N–H and O–H groups in total. The number of sulfonamides is 1. The summed E-state index contributed by atoms with van der Waals surface area (Å²) in [5.41, 5.74) is -0.341. The molecule has 0 saturated carbocycles. The van der Waals surface area contributed by atoms with Crippen molar-refractivity contribution < 1.29 is 13.3 Å². The van der Waals surface area contributed by atoms with E-state index in [1.54, 1.807) is 24.3 Å². The quantitative estimate of drug-likeness (QED) is 0.678. The fourth-order valence-corrected chi connectivity index (χ4v) is 3.26. The molecule has 0 atom stereocenters. The van der Waals surface area contributed by atoms with Crippen LogP contribution in [0, 0.1) is 10.1 Å². The summed E-state index contributed by atoms with van der Waals surface area (Å²) in [4.78, 5) is 11.0. The topological polar surface area (TPSA) is 103 Å². The third-order valence-electron chi connectivity index (χ3n) is 2.51. The Morgan fingerprint density at radius 2 is 1.81 bits per heavy atom. The predicted molar refractivity (Wildman–Crippen MR) is 80.0 cm³/mol. The standard InChI is InChI=1S/C12H9ClN2O4S2/c13-9-3-1-2-4-11(9)20-12-6-5-8(21(14,18)19)7-10(12)15(16)17/h1-7H,(H2,14,18,19). The highest BCUT2D eigenvalue weighted by atomic mass is 35.5. The van der Waals surface area contributed by atoms with Gasteiger partial charge in [0.25, 0.3) is 5.69 Å². The number of nitro groups is 1. The van der Waals surface area contributed by atoms with Crippen LogP contribution in [0.25, 0.3) is 0 Å². The van der Waals surface area contributed by atoms with E-state index in [1.165, 1.54) is 12.1 Å². The van der Waals surface area contributed by atoms with Crippen molar-refractivity contribution in [2.45, 2.75) is 14.7 Å². The SMILES string of the molecule is NS(=O)(=O)c1ccc(Sc2ccccc2Cl)c([N+](=O)[O-])c1. The fourth-order valence-electron chi connectivity index (χ4n) is 1.55. The lowest BCUT2D eigenvalue weighted by Gasteiger charge is -2.06. The zero-order valence-corrected chi connectivity index (χ0v) is 12.8. The van der Waals surface area contributed by atoms with Crippen molar-refractivity contribution in [1.29, 1.82) is 0 Å². The number of primary sulfonamides is 1. The molecule has 6 nitrogen and oxygen atoms in total. The summed E-state index contributed by atoms with van der Waals surface area (Å²) in [5.74, 6) is 0. The lowest BCUT2D eigenvalue weighted by atomic mass is 10.3. The molecule has 2 aromatic carbocycles. The zero-order valence-electron chi connectivity index (χ0n) is 10.4. The molecule has 21 heavy (non-hydrogen) atoms. The Morgan fingerprint density at radius 3 is 2.38 bits per heavy atom. The van der Waals surface area contributed by atoms with Crippen molar-refractivity contribution in [1.82, 2.24) is 0 Å². The first-order valence-electron chi connectivity index (χ1n) is 5.52. The van der Waals surface area contributed by atoms with E-state index in [4.69, 9.17) is 16.7 Å². The second-order valence-electron chi connectivity index (χ2n) is 3.96. The number of nitro benzene ring substituents is 1. The maximum absolute atomic E-state index is 11.3. The van der Waals surface area contributed by atoms with Crippen LogP contribution in [0.4, 0.5) is 5.69 Å². The molecule has 0 saturated heterocycles. The molecule has 2 rings (SSSR count). The first-order chi connectivity index (χ1) is 9.79. The third kappa shape index (κ3) is 3.73. The minimum Gasteiger partial charge on any atom is -0.258 e. The van der Waals surface area contributed by atoms with Crippen LogP contribution in [0.5, 0.6) is 0 Å². The minimum atomic E-state index is -4.00. The minimum absolute atomic E-state index is 0.278. The van der Waals surface area contributed by atoms with Crippen LogP contribution in [0.1, 0.15) is 0 Å². The first kappa shape index (κ1) is 15.8. The van der Waals surface area contributed by atoms with E-state index in [2.05, 4.69) is 0 Å². The van der Waals surface area contributed by atoms with Gasteiger partial charge in [0.1, 0.15) is 0 Å². The lowest BCUT2D eigenvalue weighted by molar-refractivity contribution is -0.388. The van der Waals surface area contributed by atoms with Gasteiger partial charge in [-0.2, -0.15) is 0 Å². The van der Waals surface area contributed by atoms with Crippen LogP contribution in [0.2, 0.25) is 5.02 Å². The molecule has 0 radical (unpaired) electrons. The molecule has 0 fully saturated rings. The number of nitrogens with zero attached hydrogens (tertiary/aromatic N) is 1. The van der Waals surface area contributed by atoms with Crippen LogP contribution in [0.15, 0.2) is 57.2 Å². The van der Waals surface area contributed by atoms with Gasteiger partial charge in [-0.15, -0.1) is 0 Å². The summed E-state index contributed by atoms with van der Waals surface area (Å²) in [6.07, 6.45) is 0. The zero-order chi connectivity index (χ0) is 15.6. The van der Waals surface area contributed by atoms with Gasteiger partial charge < -0.3 is 0 Å². The average molecular weight is 345 g/mol. The average Bonchev–Trinajstić information content (AvgIpc) is 2.40. The molecule has 0 amide bonds. The van der Waals surface area contributed by atoms with Crippen molar-refractivity contribution in [3.05, 3.63) is 57.6 Å². The van der Waals surface area contributed by atoms with E-state index in [0.29, 0.717) is 9.92 Å². The van der Waals surface area contributed by atoms with Crippen LogP contribution >= 0.6 is 23.4 Å². The molecule has 0 aliphatic heterocycles. The maximum Gasteiger partial charge on any atom is 0.284 e. The third-order valence-corrected chi connectivity index (χ3v) is 5.01. The van der Waals surface area contributed by atoms with Crippen molar-refractivity contribution in [2.24, 2.45) is 5.14 Å². The molecule has 0 bridgehead atoms. The number of benzene rings is 2. The molecular weight excluding hydrogens is 336 g/mol. The summed E-state index contributed by atoms with van der Waals surface area (Å²) >= 11 is 7.08. The Labute approximate surface area is 130 Å². The van der Waals surface area contributed by atoms with Crippen LogP contribution in [0.3, 0.4) is 0 Å². The Balaban J connectivity index is 2.50. The molecule has 0 heterocycles. The van der Waals surface area contributed by atoms with Gasteiger partial charge in [0.15, 0.2) is 0 Å². The Kier molecular flexibility index (Phi) is 4.52. The van der Waals surface area contributed by atoms with Crippen LogP contribution < -0.4 is 5.14 Å². The van der Waals surface area contributed by atoms with E-state index in [0.717, 1.165) is 17.8 Å². The van der Waals surface area contributed by atoms with E-state index >= 15 is 0 Å². The van der Waals surface area contributed by atoms with Crippen molar-refractivity contribution in [3.8, 4) is 0 Å². The lowest BCUT2D eigenvalue weighted by Crippen LogP contribution is -2.12. The Morgan fingerprint density at radius 1 is 1.14 bits per heavy atom. The highest BCUT2D eigenvalue weighted by Crippen LogP contribution is 2.38. The van der Waals surface area contributed by atoms with E-state index in [9.17, 15) is 18.5 Å². The molecule has 0 spiro atoms. The summed E-state index contributed by atoms with van der Waals surface area (Å²) in [7, 11) is -4.00. The number of rotatable bonds is 4. The number of nitrogens with two attached hydrogens (primary N) is 1. The van der Waals surface area contributed by atoms with Gasteiger partial charge in [0.05, 0.1) is 19.7 Å². The van der Waals surface area contributed by atoms with E-state index in [1.807, 2.05) is 0 Å². The molecule has 9 heteroatoms. The van der Waals surface area contributed by atoms with E-state index < -0.39 is 14.9 Å². The van der Waals surface area contributed by atoms with Gasteiger partial charge in [-0.25, -0.2) is 13.6 Å². The molecule has 0 aliphatic carbocycles. The van der Waals surface area contributed by atoms with Gasteiger partial charge in [-0.3, -0.25) is 10.1 Å². The van der Waals surface area contributed by atoms with Crippen molar-refractivity contribution >= 4 is 39.1 Å². The smallest absolute Gasteiger partial charge is 0.258 e. The largest absolute Gasteiger partial charge is 0.284 e. The Hall–Kier alpha value is -1.61. The summed E-state index contributed by atoms with van der Waals surface area (Å²) in [6, 6.07) is 10.4. The fraction of sp³-hybridized carbons (Fsp3) is 0. The van der Waals surface area contributed by atoms with Gasteiger partial charge in [0, 0.05) is 11.0 Å². The van der Waals surface area contributed by atoms with Gasteiger partial charge in [-0.1, -0.05) is 35.5 Å². The van der Waals surface area contributed by atoms with Gasteiger partial charge >= 0.3 is 0 Å². The summed E-state index contributed by atoms with van der Waals surface area (Å²) in [5, 5.41) is 16.5. The molecule has 0 aromatic heterocycles. The monoisotopic (exact) mass is 344 g/mol. The number of halogens is 1. The van der Waals surface area contributed by atoms with Gasteiger partial charge in [-0.05, 0) is 24.3 Å². The number of hydrogen-bond donors (Lipinski definition) is 1. The normalized spacial score (nSPS) is 11.3. The van der Waals surface area contributed by atoms with Crippen LogP contribution in [-0.2, 0) is 10.0 Å².